The number of fused-ring (bicyclic) bond motifs is 1. The number of hydrogen-bond donors (Lipinski definition) is 0. The summed E-state index contributed by atoms with van der Waals surface area (Å²) in [6.45, 7) is 5.62. The molecule has 6 heteroatoms. The summed E-state index contributed by atoms with van der Waals surface area (Å²) in [5.74, 6) is 0. The Morgan fingerprint density at radius 1 is 1.35 bits per heavy atom. The van der Waals surface area contributed by atoms with Gasteiger partial charge in [0.1, 0.15) is 16.1 Å². The highest BCUT2D eigenvalue weighted by Gasteiger charge is 2.18. The molecule has 20 heavy (non-hydrogen) atoms. The first-order valence-electron chi connectivity index (χ1n) is 5.99. The van der Waals surface area contributed by atoms with Crippen molar-refractivity contribution in [3.63, 3.8) is 0 Å². The first kappa shape index (κ1) is 15.6. The maximum absolute atomic E-state index is 11.9. The molecular formula is C14H14BrClN2OS. The molecule has 1 aromatic heterocycles. The van der Waals surface area contributed by atoms with Gasteiger partial charge in [-0.15, -0.1) is 0 Å². The fourth-order valence-electron chi connectivity index (χ4n) is 1.49. The number of aromatic nitrogens is 1. The molecule has 3 nitrogen and oxygen atoms in total. The topological polar surface area (TPSA) is 42.3 Å². The minimum atomic E-state index is -1.31. The van der Waals surface area contributed by atoms with Crippen molar-refractivity contribution in [1.29, 1.82) is 0 Å². The zero-order valence-electron chi connectivity index (χ0n) is 11.4. The first-order valence-corrected chi connectivity index (χ1v) is 8.27. The number of halogens is 2. The number of rotatable bonds is 2. The Morgan fingerprint density at radius 2 is 2.05 bits per heavy atom. The SMILES string of the molecule is CC(C)(C)S(=O)N=Cc1cc2cc(Br)ccc2nc1Cl. The third kappa shape index (κ3) is 3.65. The maximum atomic E-state index is 11.9. The van der Waals surface area contributed by atoms with Gasteiger partial charge >= 0.3 is 0 Å². The molecule has 106 valence electrons. The zero-order valence-corrected chi connectivity index (χ0v) is 14.5. The summed E-state index contributed by atoms with van der Waals surface area (Å²) < 4.78 is 16.6. The van der Waals surface area contributed by atoms with Gasteiger partial charge in [-0.1, -0.05) is 27.5 Å². The third-order valence-electron chi connectivity index (χ3n) is 2.57. The van der Waals surface area contributed by atoms with Gasteiger partial charge in [-0.25, -0.2) is 9.19 Å². The van der Waals surface area contributed by atoms with Crippen molar-refractivity contribution in [3.05, 3.63) is 39.5 Å². The van der Waals surface area contributed by atoms with Gasteiger partial charge in [-0.2, -0.15) is 4.40 Å². The van der Waals surface area contributed by atoms with Crippen LogP contribution in [0, 0.1) is 0 Å². The highest BCUT2D eigenvalue weighted by Crippen LogP contribution is 2.23. The lowest BCUT2D eigenvalue weighted by Gasteiger charge is -2.12. The average molecular weight is 374 g/mol. The minimum Gasteiger partial charge on any atom is -0.235 e. The molecule has 0 saturated carbocycles. The monoisotopic (exact) mass is 372 g/mol. The van der Waals surface area contributed by atoms with Gasteiger partial charge in [0.2, 0.25) is 0 Å². The van der Waals surface area contributed by atoms with Crippen LogP contribution in [0.2, 0.25) is 5.15 Å². The molecule has 2 aromatic rings. The van der Waals surface area contributed by atoms with Crippen LogP contribution in [0.3, 0.4) is 0 Å². The van der Waals surface area contributed by atoms with Crippen molar-refractivity contribution >= 4 is 55.6 Å². The van der Waals surface area contributed by atoms with E-state index in [0.29, 0.717) is 10.7 Å². The van der Waals surface area contributed by atoms with E-state index in [4.69, 9.17) is 11.6 Å². The second kappa shape index (κ2) is 5.92. The molecule has 0 aliphatic heterocycles. The summed E-state index contributed by atoms with van der Waals surface area (Å²) in [5.41, 5.74) is 1.47. The van der Waals surface area contributed by atoms with Crippen LogP contribution < -0.4 is 0 Å². The maximum Gasteiger partial charge on any atom is 0.144 e. The molecule has 1 atom stereocenters. The smallest absolute Gasteiger partial charge is 0.144 e. The van der Waals surface area contributed by atoms with Gasteiger partial charge in [0.05, 0.1) is 10.3 Å². The standard InChI is InChI=1S/C14H14BrClN2OS/c1-14(2,3)20(19)17-8-10-6-9-7-11(15)4-5-12(9)18-13(10)16/h4-8H,1-3H3. The van der Waals surface area contributed by atoms with Gasteiger partial charge < -0.3 is 0 Å². The predicted molar refractivity (Wildman–Crippen MR) is 89.9 cm³/mol. The summed E-state index contributed by atoms with van der Waals surface area (Å²) in [5, 5.41) is 1.31. The van der Waals surface area contributed by atoms with Crippen molar-refractivity contribution in [2.45, 2.75) is 25.5 Å². The molecule has 0 radical (unpaired) electrons. The van der Waals surface area contributed by atoms with Crippen LogP contribution in [0.4, 0.5) is 0 Å². The van der Waals surface area contributed by atoms with Crippen LogP contribution in [-0.4, -0.2) is 20.2 Å². The molecule has 0 aliphatic carbocycles. The van der Waals surface area contributed by atoms with E-state index in [0.717, 1.165) is 15.4 Å². The number of benzene rings is 1. The molecule has 2 rings (SSSR count). The summed E-state index contributed by atoms with van der Waals surface area (Å²) in [6.07, 6.45) is 1.52. The van der Waals surface area contributed by atoms with Crippen molar-refractivity contribution in [2.75, 3.05) is 0 Å². The largest absolute Gasteiger partial charge is 0.235 e. The Hall–Kier alpha value is -0.780. The lowest BCUT2D eigenvalue weighted by molar-refractivity contribution is 0.651. The quantitative estimate of drug-likeness (QED) is 0.573. The van der Waals surface area contributed by atoms with Crippen molar-refractivity contribution < 1.29 is 4.21 Å². The molecule has 1 aromatic carbocycles. The molecule has 0 spiro atoms. The van der Waals surface area contributed by atoms with Gasteiger partial charge in [0, 0.05) is 21.6 Å². The Balaban J connectivity index is 2.42. The van der Waals surface area contributed by atoms with Crippen LogP contribution in [0.5, 0.6) is 0 Å². The summed E-state index contributed by atoms with van der Waals surface area (Å²) in [4.78, 5) is 4.31. The second-order valence-corrected chi connectivity index (χ2v) is 8.51. The Kier molecular flexibility index (Phi) is 4.62. The highest BCUT2D eigenvalue weighted by atomic mass is 79.9. The van der Waals surface area contributed by atoms with Crippen LogP contribution in [0.15, 0.2) is 33.1 Å². The van der Waals surface area contributed by atoms with Crippen LogP contribution in [-0.2, 0) is 11.0 Å². The molecule has 1 unspecified atom stereocenters. The number of pyridine rings is 1. The second-order valence-electron chi connectivity index (χ2n) is 5.30. The van der Waals surface area contributed by atoms with E-state index in [1.54, 1.807) is 0 Å². The van der Waals surface area contributed by atoms with Crippen LogP contribution in [0.1, 0.15) is 26.3 Å². The van der Waals surface area contributed by atoms with Crippen LogP contribution >= 0.6 is 27.5 Å². The summed E-state index contributed by atoms with van der Waals surface area (Å²) >= 11 is 9.55. The van der Waals surface area contributed by atoms with Gasteiger partial charge in [0.15, 0.2) is 0 Å². The van der Waals surface area contributed by atoms with E-state index >= 15 is 0 Å². The van der Waals surface area contributed by atoms with E-state index in [1.807, 2.05) is 45.0 Å². The van der Waals surface area contributed by atoms with Gasteiger partial charge in [0.25, 0.3) is 0 Å². The first-order chi connectivity index (χ1) is 9.27. The van der Waals surface area contributed by atoms with Crippen molar-refractivity contribution in [3.8, 4) is 0 Å². The number of hydrogen-bond acceptors (Lipinski definition) is 2. The molecule has 0 amide bonds. The average Bonchev–Trinajstić information content (AvgIpc) is 2.35. The highest BCUT2D eigenvalue weighted by molar-refractivity contribution is 9.10. The molecule has 0 saturated heterocycles. The van der Waals surface area contributed by atoms with Crippen LogP contribution in [0.25, 0.3) is 10.9 Å². The Morgan fingerprint density at radius 3 is 2.70 bits per heavy atom. The summed E-state index contributed by atoms with van der Waals surface area (Å²) in [7, 11) is -1.31. The normalized spacial score (nSPS) is 14.1. The van der Waals surface area contributed by atoms with Crippen molar-refractivity contribution in [2.24, 2.45) is 4.40 Å². The lowest BCUT2D eigenvalue weighted by Crippen LogP contribution is -2.19. The van der Waals surface area contributed by atoms with Gasteiger partial charge in [-0.3, -0.25) is 0 Å². The lowest BCUT2D eigenvalue weighted by atomic mass is 10.2. The van der Waals surface area contributed by atoms with E-state index in [9.17, 15) is 4.21 Å². The third-order valence-corrected chi connectivity index (χ3v) is 4.71. The molecular weight excluding hydrogens is 360 g/mol. The van der Waals surface area contributed by atoms with E-state index < -0.39 is 15.7 Å². The molecule has 1 heterocycles. The van der Waals surface area contributed by atoms with E-state index in [1.165, 1.54) is 6.21 Å². The number of nitrogens with zero attached hydrogens (tertiary/aromatic N) is 2. The molecule has 0 N–H and O–H groups in total. The zero-order chi connectivity index (χ0) is 14.9. The van der Waals surface area contributed by atoms with E-state index in [2.05, 4.69) is 25.3 Å². The fraction of sp³-hybridized carbons (Fsp3) is 0.286. The Bertz CT molecular complexity index is 710. The van der Waals surface area contributed by atoms with Gasteiger partial charge in [-0.05, 0) is 45.0 Å². The van der Waals surface area contributed by atoms with Crippen molar-refractivity contribution in [1.82, 2.24) is 4.98 Å². The molecule has 0 fully saturated rings. The molecule has 0 bridgehead atoms. The Labute approximate surface area is 134 Å². The summed E-state index contributed by atoms with van der Waals surface area (Å²) in [6, 6.07) is 7.64. The van der Waals surface area contributed by atoms with E-state index in [-0.39, 0.29) is 0 Å². The molecule has 0 aliphatic rings. The fourth-order valence-corrected chi connectivity index (χ4v) is 2.59. The predicted octanol–water partition coefficient (Wildman–Crippen LogP) is 4.53. The minimum absolute atomic E-state index is 0.356.